The van der Waals surface area contributed by atoms with Crippen LogP contribution in [-0.4, -0.2) is 11.1 Å². The fourth-order valence-electron chi connectivity index (χ4n) is 3.20. The zero-order valence-corrected chi connectivity index (χ0v) is 17.4. The van der Waals surface area contributed by atoms with Crippen molar-refractivity contribution in [1.82, 2.24) is 0 Å². The van der Waals surface area contributed by atoms with E-state index in [2.05, 4.69) is 0 Å². The number of nitrogens with zero attached hydrogens (tertiary/aromatic N) is 1. The summed E-state index contributed by atoms with van der Waals surface area (Å²) in [4.78, 5) is 13.8. The van der Waals surface area contributed by atoms with E-state index in [1.165, 1.54) is 18.2 Å². The van der Waals surface area contributed by atoms with Crippen molar-refractivity contribution in [1.29, 1.82) is 5.41 Å². The van der Waals surface area contributed by atoms with Crippen LogP contribution in [0.4, 0.5) is 18.9 Å². The molecule has 3 aromatic carbocycles. The predicted molar refractivity (Wildman–Crippen MR) is 119 cm³/mol. The first-order chi connectivity index (χ1) is 15.3. The molecule has 1 heterocycles. The highest BCUT2D eigenvalue weighted by molar-refractivity contribution is 8.19. The Labute approximate surface area is 186 Å². The molecule has 0 aliphatic carbocycles. The number of amides is 1. The molecule has 1 N–H and O–H groups in total. The van der Waals surface area contributed by atoms with E-state index in [-0.39, 0.29) is 15.8 Å². The second-order valence-corrected chi connectivity index (χ2v) is 7.95. The van der Waals surface area contributed by atoms with Gasteiger partial charge in [0, 0.05) is 0 Å². The molecule has 8 heteroatoms. The lowest BCUT2D eigenvalue weighted by Crippen LogP contribution is -2.30. The molecule has 1 fully saturated rings. The Bertz CT molecular complexity index is 1190. The molecule has 32 heavy (non-hydrogen) atoms. The number of para-hydroxylation sites is 1. The molecule has 0 atom stereocenters. The number of anilines is 1. The molecule has 0 radical (unpaired) electrons. The minimum absolute atomic E-state index is 0.159. The first-order valence-corrected chi connectivity index (χ1v) is 10.4. The Kier molecular flexibility index (Phi) is 6.05. The van der Waals surface area contributed by atoms with Gasteiger partial charge in [-0.3, -0.25) is 15.1 Å². The van der Waals surface area contributed by atoms with Gasteiger partial charge in [-0.2, -0.15) is 13.2 Å². The maximum absolute atomic E-state index is 13.4. The number of benzene rings is 3. The van der Waals surface area contributed by atoms with Gasteiger partial charge in [-0.05, 0) is 53.2 Å². The summed E-state index contributed by atoms with van der Waals surface area (Å²) in [6.07, 6.45) is -3.09. The lowest BCUT2D eigenvalue weighted by atomic mass is 10.1. The fraction of sp³-hybridized carbons (Fsp3) is 0.0833. The summed E-state index contributed by atoms with van der Waals surface area (Å²) >= 11 is 0.819. The highest BCUT2D eigenvalue weighted by Gasteiger charge is 2.40. The molecule has 0 spiro atoms. The molecule has 3 aromatic rings. The first kappa shape index (κ1) is 21.7. The highest BCUT2D eigenvalue weighted by atomic mass is 32.2. The standard InChI is InChI=1S/C24H17F3N2O2S/c25-24(26,27)19-11-4-5-12-20(19)29-22(30)21(32-23(29)28)14-17-9-6-10-18(13-17)31-15-16-7-2-1-3-8-16/h1-14,28H,15H2/b21-14-,28-23?. The van der Waals surface area contributed by atoms with Crippen molar-refractivity contribution in [3.63, 3.8) is 0 Å². The van der Waals surface area contributed by atoms with E-state index in [4.69, 9.17) is 10.1 Å². The first-order valence-electron chi connectivity index (χ1n) is 9.58. The van der Waals surface area contributed by atoms with Crippen molar-refractivity contribution in [2.45, 2.75) is 12.8 Å². The molecule has 1 aliphatic heterocycles. The van der Waals surface area contributed by atoms with Gasteiger partial charge in [-0.15, -0.1) is 0 Å². The summed E-state index contributed by atoms with van der Waals surface area (Å²) in [5.74, 6) is -0.0831. The van der Waals surface area contributed by atoms with Gasteiger partial charge in [0.25, 0.3) is 5.91 Å². The van der Waals surface area contributed by atoms with E-state index in [9.17, 15) is 18.0 Å². The summed E-state index contributed by atoms with van der Waals surface area (Å²) in [5, 5.41) is 7.83. The van der Waals surface area contributed by atoms with E-state index in [1.54, 1.807) is 30.3 Å². The molecule has 0 bridgehead atoms. The Morgan fingerprint density at radius 1 is 0.969 bits per heavy atom. The molecule has 0 aromatic heterocycles. The SMILES string of the molecule is N=C1S/C(=C\c2cccc(OCc3ccccc3)c2)C(=O)N1c1ccccc1C(F)(F)F. The minimum Gasteiger partial charge on any atom is -0.489 e. The molecule has 1 amide bonds. The normalized spacial score (nSPS) is 15.5. The number of halogens is 3. The second kappa shape index (κ2) is 8.92. The van der Waals surface area contributed by atoms with Crippen LogP contribution >= 0.6 is 11.8 Å². The highest BCUT2D eigenvalue weighted by Crippen LogP contribution is 2.41. The van der Waals surface area contributed by atoms with E-state index in [0.717, 1.165) is 28.3 Å². The Morgan fingerprint density at radius 3 is 2.44 bits per heavy atom. The minimum atomic E-state index is -4.64. The molecule has 4 rings (SSSR count). The van der Waals surface area contributed by atoms with Crippen molar-refractivity contribution in [3.8, 4) is 5.75 Å². The van der Waals surface area contributed by atoms with Crippen LogP contribution in [0.25, 0.3) is 6.08 Å². The summed E-state index contributed by atoms with van der Waals surface area (Å²) in [6, 6.07) is 21.4. The topological polar surface area (TPSA) is 53.4 Å². The molecule has 0 saturated carbocycles. The van der Waals surface area contributed by atoms with Gasteiger partial charge >= 0.3 is 6.18 Å². The number of rotatable bonds is 5. The van der Waals surface area contributed by atoms with E-state index < -0.39 is 17.6 Å². The van der Waals surface area contributed by atoms with Crippen molar-refractivity contribution < 1.29 is 22.7 Å². The number of nitrogens with one attached hydrogen (secondary N) is 1. The molecule has 1 saturated heterocycles. The Hall–Kier alpha value is -3.52. The third kappa shape index (κ3) is 4.70. The van der Waals surface area contributed by atoms with Crippen molar-refractivity contribution >= 4 is 34.6 Å². The third-order valence-electron chi connectivity index (χ3n) is 4.68. The maximum Gasteiger partial charge on any atom is 0.418 e. The average molecular weight is 454 g/mol. The van der Waals surface area contributed by atoms with Crippen molar-refractivity contribution in [2.24, 2.45) is 0 Å². The Balaban J connectivity index is 1.56. The lowest BCUT2D eigenvalue weighted by molar-refractivity contribution is -0.137. The van der Waals surface area contributed by atoms with Crippen LogP contribution in [0.3, 0.4) is 0 Å². The van der Waals surface area contributed by atoms with Gasteiger partial charge in [-0.25, -0.2) is 0 Å². The molecule has 1 aliphatic rings. The van der Waals surface area contributed by atoms with Crippen LogP contribution in [0.15, 0.2) is 83.8 Å². The lowest BCUT2D eigenvalue weighted by Gasteiger charge is -2.19. The number of hydrogen-bond donors (Lipinski definition) is 1. The molecule has 4 nitrogen and oxygen atoms in total. The maximum atomic E-state index is 13.4. The van der Waals surface area contributed by atoms with Crippen LogP contribution in [0.5, 0.6) is 5.75 Å². The Morgan fingerprint density at radius 2 is 1.69 bits per heavy atom. The van der Waals surface area contributed by atoms with Crippen LogP contribution in [0, 0.1) is 5.41 Å². The van der Waals surface area contributed by atoms with Gasteiger partial charge in [0.1, 0.15) is 12.4 Å². The quantitative estimate of drug-likeness (QED) is 0.458. The van der Waals surface area contributed by atoms with Crippen LogP contribution in [0.1, 0.15) is 16.7 Å². The number of carbonyl (C=O) groups is 1. The largest absolute Gasteiger partial charge is 0.489 e. The van der Waals surface area contributed by atoms with Gasteiger partial charge in [-0.1, -0.05) is 54.6 Å². The van der Waals surface area contributed by atoms with Crippen LogP contribution in [-0.2, 0) is 17.6 Å². The number of thioether (sulfide) groups is 1. The monoisotopic (exact) mass is 454 g/mol. The van der Waals surface area contributed by atoms with Crippen LogP contribution in [0.2, 0.25) is 0 Å². The van der Waals surface area contributed by atoms with E-state index in [0.29, 0.717) is 17.9 Å². The van der Waals surface area contributed by atoms with Crippen LogP contribution < -0.4 is 9.64 Å². The van der Waals surface area contributed by atoms with E-state index in [1.807, 2.05) is 30.3 Å². The molecule has 162 valence electrons. The molecular formula is C24H17F3N2O2S. The number of ether oxygens (including phenoxy) is 1. The third-order valence-corrected chi connectivity index (χ3v) is 5.57. The second-order valence-electron chi connectivity index (χ2n) is 6.92. The summed E-state index contributed by atoms with van der Waals surface area (Å²) in [7, 11) is 0. The summed E-state index contributed by atoms with van der Waals surface area (Å²) in [6.45, 7) is 0.376. The number of alkyl halides is 3. The fourth-order valence-corrected chi connectivity index (χ4v) is 4.06. The smallest absolute Gasteiger partial charge is 0.418 e. The predicted octanol–water partition coefficient (Wildman–Crippen LogP) is 6.34. The van der Waals surface area contributed by atoms with Gasteiger partial charge in [0.15, 0.2) is 5.17 Å². The van der Waals surface area contributed by atoms with Gasteiger partial charge in [0.05, 0.1) is 16.2 Å². The zero-order chi connectivity index (χ0) is 22.7. The summed E-state index contributed by atoms with van der Waals surface area (Å²) < 4.78 is 46.0. The van der Waals surface area contributed by atoms with Crippen molar-refractivity contribution in [2.75, 3.05) is 4.90 Å². The van der Waals surface area contributed by atoms with Crippen molar-refractivity contribution in [3.05, 3.63) is 100 Å². The van der Waals surface area contributed by atoms with Gasteiger partial charge in [0.2, 0.25) is 0 Å². The average Bonchev–Trinajstić information content (AvgIpc) is 3.05. The van der Waals surface area contributed by atoms with E-state index >= 15 is 0 Å². The van der Waals surface area contributed by atoms with Gasteiger partial charge < -0.3 is 4.74 Å². The number of carbonyl (C=O) groups excluding carboxylic acids is 1. The summed E-state index contributed by atoms with van der Waals surface area (Å²) in [5.41, 5.74) is 0.331. The number of hydrogen-bond acceptors (Lipinski definition) is 4. The molecule has 0 unspecified atom stereocenters. The number of amidine groups is 1. The molecular weight excluding hydrogens is 437 g/mol. The zero-order valence-electron chi connectivity index (χ0n) is 16.6.